The van der Waals surface area contributed by atoms with Gasteiger partial charge in [-0.25, -0.2) is 4.39 Å². The fourth-order valence-corrected chi connectivity index (χ4v) is 2.25. The number of piperazine rings is 1. The van der Waals surface area contributed by atoms with Gasteiger partial charge in [0.1, 0.15) is 5.82 Å². The Morgan fingerprint density at radius 3 is 2.20 bits per heavy atom. The Morgan fingerprint density at radius 1 is 1.05 bits per heavy atom. The molecule has 2 N–H and O–H groups in total. The number of carbonyl (C=O) groups is 2. The molecule has 0 saturated carbocycles. The van der Waals surface area contributed by atoms with Crippen LogP contribution >= 0.6 is 0 Å². The van der Waals surface area contributed by atoms with Crippen molar-refractivity contribution < 1.29 is 14.0 Å². The van der Waals surface area contributed by atoms with E-state index in [-0.39, 0.29) is 24.6 Å². The minimum absolute atomic E-state index is 0.0393. The van der Waals surface area contributed by atoms with Crippen LogP contribution < -0.4 is 10.6 Å². The normalized spacial score (nSPS) is 15.2. The van der Waals surface area contributed by atoms with E-state index in [9.17, 15) is 14.0 Å². The molecule has 1 aliphatic heterocycles. The third-order valence-electron chi connectivity index (χ3n) is 3.41. The third kappa shape index (κ3) is 3.69. The van der Waals surface area contributed by atoms with Gasteiger partial charge in [-0.1, -0.05) is 0 Å². The van der Waals surface area contributed by atoms with Crippen molar-refractivity contribution in [2.24, 2.45) is 5.73 Å². The van der Waals surface area contributed by atoms with Crippen molar-refractivity contribution in [1.29, 1.82) is 0 Å². The zero-order valence-electron chi connectivity index (χ0n) is 11.2. The average Bonchev–Trinajstić information content (AvgIpc) is 2.46. The zero-order valence-corrected chi connectivity index (χ0v) is 11.2. The molecule has 1 aliphatic rings. The number of nitrogens with two attached hydrogens (primary N) is 1. The monoisotopic (exact) mass is 279 g/mol. The van der Waals surface area contributed by atoms with Gasteiger partial charge < -0.3 is 15.5 Å². The molecule has 0 bridgehead atoms. The second kappa shape index (κ2) is 6.36. The number of hydrogen-bond acceptors (Lipinski definition) is 3. The van der Waals surface area contributed by atoms with Crippen LogP contribution in [0.5, 0.6) is 0 Å². The highest BCUT2D eigenvalue weighted by molar-refractivity contribution is 5.83. The van der Waals surface area contributed by atoms with Crippen LogP contribution in [0.1, 0.15) is 12.8 Å². The van der Waals surface area contributed by atoms with Crippen molar-refractivity contribution in [3.8, 4) is 0 Å². The van der Waals surface area contributed by atoms with Crippen LogP contribution in [-0.4, -0.2) is 42.9 Å². The minimum Gasteiger partial charge on any atom is -0.370 e. The number of amides is 2. The van der Waals surface area contributed by atoms with E-state index in [1.54, 1.807) is 17.0 Å². The fraction of sp³-hybridized carbons (Fsp3) is 0.429. The number of primary amides is 1. The number of hydrogen-bond donors (Lipinski definition) is 1. The lowest BCUT2D eigenvalue weighted by Gasteiger charge is -2.36. The number of anilines is 1. The Balaban J connectivity index is 1.84. The number of halogens is 1. The van der Waals surface area contributed by atoms with Crippen LogP contribution in [-0.2, 0) is 9.59 Å². The third-order valence-corrected chi connectivity index (χ3v) is 3.41. The SMILES string of the molecule is NC(=O)CCC(=O)N1CCN(c2ccc(F)cc2)CC1. The molecule has 0 aliphatic carbocycles. The molecule has 1 saturated heterocycles. The van der Waals surface area contributed by atoms with E-state index < -0.39 is 5.91 Å². The van der Waals surface area contributed by atoms with Crippen molar-refractivity contribution in [1.82, 2.24) is 4.90 Å². The summed E-state index contributed by atoms with van der Waals surface area (Å²) >= 11 is 0. The first-order valence-electron chi connectivity index (χ1n) is 6.63. The van der Waals surface area contributed by atoms with Crippen LogP contribution in [0.3, 0.4) is 0 Å². The summed E-state index contributed by atoms with van der Waals surface area (Å²) in [6.45, 7) is 2.62. The molecule has 108 valence electrons. The van der Waals surface area contributed by atoms with E-state index in [4.69, 9.17) is 5.73 Å². The summed E-state index contributed by atoms with van der Waals surface area (Å²) in [5.74, 6) is -0.750. The van der Waals surface area contributed by atoms with Crippen molar-refractivity contribution in [2.75, 3.05) is 31.1 Å². The summed E-state index contributed by atoms with van der Waals surface area (Å²) in [5.41, 5.74) is 5.99. The summed E-state index contributed by atoms with van der Waals surface area (Å²) in [6.07, 6.45) is 0.267. The van der Waals surface area contributed by atoms with Crippen LogP contribution in [0, 0.1) is 5.82 Å². The van der Waals surface area contributed by atoms with Gasteiger partial charge >= 0.3 is 0 Å². The fourth-order valence-electron chi connectivity index (χ4n) is 2.25. The van der Waals surface area contributed by atoms with Gasteiger partial charge in [-0.15, -0.1) is 0 Å². The largest absolute Gasteiger partial charge is 0.370 e. The van der Waals surface area contributed by atoms with E-state index in [1.165, 1.54) is 12.1 Å². The molecular formula is C14H18FN3O2. The van der Waals surface area contributed by atoms with Gasteiger partial charge in [-0.2, -0.15) is 0 Å². The molecule has 1 aromatic rings. The van der Waals surface area contributed by atoms with E-state index in [0.29, 0.717) is 26.2 Å². The maximum Gasteiger partial charge on any atom is 0.223 e. The molecule has 1 fully saturated rings. The lowest BCUT2D eigenvalue weighted by Crippen LogP contribution is -2.48. The van der Waals surface area contributed by atoms with Crippen LogP contribution in [0.4, 0.5) is 10.1 Å². The second-order valence-corrected chi connectivity index (χ2v) is 4.81. The second-order valence-electron chi connectivity index (χ2n) is 4.81. The molecule has 0 unspecified atom stereocenters. The Morgan fingerprint density at radius 2 is 1.65 bits per heavy atom. The highest BCUT2D eigenvalue weighted by Gasteiger charge is 2.21. The molecule has 0 spiro atoms. The Labute approximate surface area is 117 Å². The Bertz CT molecular complexity index is 482. The van der Waals surface area contributed by atoms with Crippen LogP contribution in [0.2, 0.25) is 0 Å². The number of nitrogens with zero attached hydrogens (tertiary/aromatic N) is 2. The summed E-state index contributed by atoms with van der Waals surface area (Å²) in [4.78, 5) is 26.4. The quantitative estimate of drug-likeness (QED) is 0.884. The van der Waals surface area contributed by atoms with Gasteiger partial charge in [0.2, 0.25) is 11.8 Å². The van der Waals surface area contributed by atoms with Gasteiger partial charge in [-0.3, -0.25) is 9.59 Å². The average molecular weight is 279 g/mol. The van der Waals surface area contributed by atoms with Crippen molar-refractivity contribution in [3.05, 3.63) is 30.1 Å². The Hall–Kier alpha value is -2.11. The van der Waals surface area contributed by atoms with Gasteiger partial charge in [0, 0.05) is 44.7 Å². The standard InChI is InChI=1S/C14H18FN3O2/c15-11-1-3-12(4-2-11)17-7-9-18(10-8-17)14(20)6-5-13(16)19/h1-4H,5-10H2,(H2,16,19). The molecule has 0 atom stereocenters. The molecule has 2 amide bonds. The molecule has 20 heavy (non-hydrogen) atoms. The molecule has 0 aromatic heterocycles. The molecule has 0 radical (unpaired) electrons. The first kappa shape index (κ1) is 14.3. The summed E-state index contributed by atoms with van der Waals surface area (Å²) < 4.78 is 12.9. The van der Waals surface area contributed by atoms with Crippen molar-refractivity contribution >= 4 is 17.5 Å². The van der Waals surface area contributed by atoms with Crippen LogP contribution in [0.25, 0.3) is 0 Å². The summed E-state index contributed by atoms with van der Waals surface area (Å²) in [7, 11) is 0. The first-order chi connectivity index (χ1) is 9.56. The highest BCUT2D eigenvalue weighted by Crippen LogP contribution is 2.17. The molecule has 2 rings (SSSR count). The number of benzene rings is 1. The predicted octanol–water partition coefficient (Wildman–Crippen LogP) is 0.740. The van der Waals surface area contributed by atoms with Gasteiger partial charge in [0.15, 0.2) is 0 Å². The topological polar surface area (TPSA) is 66.6 Å². The number of carbonyl (C=O) groups excluding carboxylic acids is 2. The molecular weight excluding hydrogens is 261 g/mol. The van der Waals surface area contributed by atoms with Gasteiger partial charge in [0.05, 0.1) is 0 Å². The first-order valence-corrected chi connectivity index (χ1v) is 6.63. The molecule has 1 aromatic carbocycles. The highest BCUT2D eigenvalue weighted by atomic mass is 19.1. The number of rotatable bonds is 4. The maximum atomic E-state index is 12.9. The van der Waals surface area contributed by atoms with Crippen molar-refractivity contribution in [2.45, 2.75) is 12.8 Å². The van der Waals surface area contributed by atoms with Crippen LogP contribution in [0.15, 0.2) is 24.3 Å². The molecule has 6 heteroatoms. The van der Waals surface area contributed by atoms with Gasteiger partial charge in [-0.05, 0) is 24.3 Å². The molecule has 1 heterocycles. The molecule has 5 nitrogen and oxygen atoms in total. The van der Waals surface area contributed by atoms with E-state index >= 15 is 0 Å². The van der Waals surface area contributed by atoms with Crippen molar-refractivity contribution in [3.63, 3.8) is 0 Å². The predicted molar refractivity (Wildman–Crippen MR) is 73.6 cm³/mol. The summed E-state index contributed by atoms with van der Waals surface area (Å²) in [6, 6.07) is 6.33. The Kier molecular flexibility index (Phi) is 4.55. The van der Waals surface area contributed by atoms with E-state index in [2.05, 4.69) is 4.90 Å². The lowest BCUT2D eigenvalue weighted by molar-refractivity contribution is -0.133. The minimum atomic E-state index is -0.455. The summed E-state index contributed by atoms with van der Waals surface area (Å²) in [5, 5.41) is 0. The lowest BCUT2D eigenvalue weighted by atomic mass is 10.2. The van der Waals surface area contributed by atoms with E-state index in [0.717, 1.165) is 5.69 Å². The van der Waals surface area contributed by atoms with Gasteiger partial charge in [0.25, 0.3) is 0 Å². The zero-order chi connectivity index (χ0) is 14.5. The maximum absolute atomic E-state index is 12.9. The smallest absolute Gasteiger partial charge is 0.223 e. The van der Waals surface area contributed by atoms with E-state index in [1.807, 2.05) is 0 Å².